The van der Waals surface area contributed by atoms with Crippen LogP contribution in [0, 0.1) is 16.1 Å². The minimum atomic E-state index is -1.05. The molecule has 0 radical (unpaired) electrons. The molecule has 0 spiro atoms. The van der Waals surface area contributed by atoms with Crippen molar-refractivity contribution in [1.29, 1.82) is 0 Å². The van der Waals surface area contributed by atoms with Crippen LogP contribution in [0.5, 0.6) is 0 Å². The third kappa shape index (κ3) is 1.76. The Morgan fingerprint density at radius 1 is 1.75 bits per heavy atom. The smallest absolute Gasteiger partial charge is 0.258 e. The minimum absolute atomic E-state index is 0.418. The zero-order valence-electron chi connectivity index (χ0n) is 5.83. The molecule has 0 atom stereocenters. The Labute approximate surface area is 75.7 Å². The van der Waals surface area contributed by atoms with Crippen molar-refractivity contribution in [3.05, 3.63) is 33.9 Å². The van der Waals surface area contributed by atoms with E-state index in [1.54, 1.807) is 0 Å². The van der Waals surface area contributed by atoms with E-state index in [0.717, 1.165) is 6.07 Å². The van der Waals surface area contributed by atoms with Crippen LogP contribution in [0.4, 0.5) is 10.1 Å². The van der Waals surface area contributed by atoms with Crippen molar-refractivity contribution in [2.75, 3.05) is 0 Å². The SMILES string of the molecule is O=[N+]([O-])c1cc(CBr)cnc1F. The molecule has 0 aromatic carbocycles. The second-order valence-corrected chi connectivity index (χ2v) is 2.60. The van der Waals surface area contributed by atoms with Crippen LogP contribution in [0.1, 0.15) is 5.56 Å². The average molecular weight is 235 g/mol. The lowest BCUT2D eigenvalue weighted by atomic mass is 10.3. The van der Waals surface area contributed by atoms with E-state index in [1.165, 1.54) is 6.20 Å². The fourth-order valence-electron chi connectivity index (χ4n) is 0.679. The topological polar surface area (TPSA) is 56.0 Å². The predicted molar refractivity (Wildman–Crippen MR) is 43.5 cm³/mol. The molecule has 1 aromatic rings. The standard InChI is InChI=1S/C6H4BrFN2O2/c7-2-4-1-5(10(11)12)6(8)9-3-4/h1,3H,2H2. The maximum atomic E-state index is 12.6. The van der Waals surface area contributed by atoms with Gasteiger partial charge in [0.2, 0.25) is 0 Å². The summed E-state index contributed by atoms with van der Waals surface area (Å²) in [6.07, 6.45) is 1.25. The molecule has 64 valence electrons. The molecule has 1 rings (SSSR count). The van der Waals surface area contributed by atoms with Gasteiger partial charge in [-0.05, 0) is 5.56 Å². The van der Waals surface area contributed by atoms with Crippen LogP contribution in [0.25, 0.3) is 0 Å². The second kappa shape index (κ2) is 3.57. The molecule has 12 heavy (non-hydrogen) atoms. The van der Waals surface area contributed by atoms with Crippen molar-refractivity contribution in [3.8, 4) is 0 Å². The summed E-state index contributed by atoms with van der Waals surface area (Å²) in [5.41, 5.74) is -0.0185. The number of hydrogen-bond donors (Lipinski definition) is 0. The molecule has 1 heterocycles. The van der Waals surface area contributed by atoms with Gasteiger partial charge in [-0.25, -0.2) is 4.98 Å². The number of pyridine rings is 1. The summed E-state index contributed by atoms with van der Waals surface area (Å²) in [6, 6.07) is 1.15. The van der Waals surface area contributed by atoms with E-state index in [4.69, 9.17) is 0 Å². The summed E-state index contributed by atoms with van der Waals surface area (Å²) in [6.45, 7) is 0. The van der Waals surface area contributed by atoms with Gasteiger partial charge in [0, 0.05) is 17.6 Å². The lowest BCUT2D eigenvalue weighted by Gasteiger charge is -1.95. The van der Waals surface area contributed by atoms with Gasteiger partial charge in [-0.2, -0.15) is 4.39 Å². The molecular weight excluding hydrogens is 231 g/mol. The van der Waals surface area contributed by atoms with E-state index in [2.05, 4.69) is 20.9 Å². The molecule has 0 aliphatic heterocycles. The van der Waals surface area contributed by atoms with Crippen molar-refractivity contribution in [1.82, 2.24) is 4.98 Å². The summed E-state index contributed by atoms with van der Waals surface area (Å²) >= 11 is 3.08. The van der Waals surface area contributed by atoms with Crippen LogP contribution >= 0.6 is 15.9 Å². The van der Waals surface area contributed by atoms with Crippen molar-refractivity contribution in [3.63, 3.8) is 0 Å². The first-order valence-corrected chi connectivity index (χ1v) is 4.12. The summed E-state index contributed by atoms with van der Waals surface area (Å²) in [5, 5.41) is 10.6. The van der Waals surface area contributed by atoms with Crippen LogP contribution in [0.3, 0.4) is 0 Å². The number of aromatic nitrogens is 1. The summed E-state index contributed by atoms with van der Waals surface area (Å²) in [4.78, 5) is 12.6. The van der Waals surface area contributed by atoms with E-state index in [-0.39, 0.29) is 0 Å². The molecule has 4 nitrogen and oxygen atoms in total. The van der Waals surface area contributed by atoms with Crippen LogP contribution in [-0.2, 0) is 5.33 Å². The van der Waals surface area contributed by atoms with E-state index in [1.807, 2.05) is 0 Å². The molecule has 1 aromatic heterocycles. The molecule has 0 bridgehead atoms. The molecule has 0 fully saturated rings. The van der Waals surface area contributed by atoms with Crippen molar-refractivity contribution in [2.24, 2.45) is 0 Å². The Morgan fingerprint density at radius 3 is 2.92 bits per heavy atom. The molecule has 0 unspecified atom stereocenters. The number of hydrogen-bond acceptors (Lipinski definition) is 3. The maximum absolute atomic E-state index is 12.6. The first-order chi connectivity index (χ1) is 5.65. The molecule has 0 aliphatic carbocycles. The van der Waals surface area contributed by atoms with Gasteiger partial charge in [0.05, 0.1) is 4.92 Å². The van der Waals surface area contributed by atoms with Gasteiger partial charge < -0.3 is 0 Å². The van der Waals surface area contributed by atoms with Crippen LogP contribution in [0.15, 0.2) is 12.3 Å². The molecule has 0 aliphatic rings. The molecule has 0 amide bonds. The van der Waals surface area contributed by atoms with Gasteiger partial charge in [-0.3, -0.25) is 10.1 Å². The highest BCUT2D eigenvalue weighted by molar-refractivity contribution is 9.08. The van der Waals surface area contributed by atoms with Gasteiger partial charge in [0.15, 0.2) is 0 Å². The molecular formula is C6H4BrFN2O2. The molecule has 0 saturated heterocycles. The zero-order valence-corrected chi connectivity index (χ0v) is 7.41. The Balaban J connectivity index is 3.17. The van der Waals surface area contributed by atoms with Crippen molar-refractivity contribution < 1.29 is 9.31 Å². The average Bonchev–Trinajstić information content (AvgIpc) is 2.05. The number of nitrogens with zero attached hydrogens (tertiary/aromatic N) is 2. The van der Waals surface area contributed by atoms with E-state index in [0.29, 0.717) is 10.9 Å². The van der Waals surface area contributed by atoms with E-state index >= 15 is 0 Å². The zero-order chi connectivity index (χ0) is 9.14. The second-order valence-electron chi connectivity index (χ2n) is 2.04. The molecule has 0 saturated carbocycles. The highest BCUT2D eigenvalue weighted by Crippen LogP contribution is 2.17. The monoisotopic (exact) mass is 234 g/mol. The van der Waals surface area contributed by atoms with Gasteiger partial charge in [-0.15, -0.1) is 0 Å². The lowest BCUT2D eigenvalue weighted by molar-refractivity contribution is -0.388. The highest BCUT2D eigenvalue weighted by atomic mass is 79.9. The normalized spacial score (nSPS) is 9.83. The third-order valence-corrected chi connectivity index (χ3v) is 1.88. The van der Waals surface area contributed by atoms with Crippen molar-refractivity contribution in [2.45, 2.75) is 5.33 Å². The Bertz CT molecular complexity index is 318. The predicted octanol–water partition coefficient (Wildman–Crippen LogP) is 2.02. The van der Waals surface area contributed by atoms with Gasteiger partial charge in [0.1, 0.15) is 0 Å². The lowest BCUT2D eigenvalue weighted by Crippen LogP contribution is -1.96. The number of alkyl halides is 1. The summed E-state index contributed by atoms with van der Waals surface area (Å²) in [7, 11) is 0. The first kappa shape index (κ1) is 9.05. The Morgan fingerprint density at radius 2 is 2.42 bits per heavy atom. The summed E-state index contributed by atoms with van der Waals surface area (Å²) in [5.74, 6) is -1.05. The van der Waals surface area contributed by atoms with Gasteiger partial charge >= 0.3 is 5.69 Å². The van der Waals surface area contributed by atoms with E-state index < -0.39 is 16.6 Å². The summed E-state index contributed by atoms with van der Waals surface area (Å²) < 4.78 is 12.6. The largest absolute Gasteiger partial charge is 0.324 e. The fourth-order valence-corrected chi connectivity index (χ4v) is 0.986. The minimum Gasteiger partial charge on any atom is -0.258 e. The number of nitro groups is 1. The molecule has 6 heteroatoms. The number of halogens is 2. The maximum Gasteiger partial charge on any atom is 0.324 e. The van der Waals surface area contributed by atoms with Crippen LogP contribution in [-0.4, -0.2) is 9.91 Å². The van der Waals surface area contributed by atoms with Crippen LogP contribution in [0.2, 0.25) is 0 Å². The molecule has 0 N–H and O–H groups in total. The van der Waals surface area contributed by atoms with Gasteiger partial charge in [-0.1, -0.05) is 15.9 Å². The van der Waals surface area contributed by atoms with Gasteiger partial charge in [0.25, 0.3) is 5.95 Å². The quantitative estimate of drug-likeness (QED) is 0.341. The number of rotatable bonds is 2. The fraction of sp³-hybridized carbons (Fsp3) is 0.167. The highest BCUT2D eigenvalue weighted by Gasteiger charge is 2.15. The van der Waals surface area contributed by atoms with Crippen molar-refractivity contribution >= 4 is 21.6 Å². The third-order valence-electron chi connectivity index (χ3n) is 1.23. The van der Waals surface area contributed by atoms with E-state index in [9.17, 15) is 14.5 Å². The first-order valence-electron chi connectivity index (χ1n) is 3.00. The Hall–Kier alpha value is -1.04. The Kier molecular flexibility index (Phi) is 2.69. The van der Waals surface area contributed by atoms with Crippen LogP contribution < -0.4 is 0 Å².